The minimum absolute atomic E-state index is 0.0466. The number of amides is 1. The number of hydrogen-bond acceptors (Lipinski definition) is 2. The molecule has 0 spiro atoms. The molecule has 4 heteroatoms. The third-order valence-electron chi connectivity index (χ3n) is 5.02. The zero-order valence-corrected chi connectivity index (χ0v) is 16.4. The molecule has 27 heavy (non-hydrogen) atoms. The van der Waals surface area contributed by atoms with Gasteiger partial charge in [-0.05, 0) is 37.1 Å². The van der Waals surface area contributed by atoms with Gasteiger partial charge >= 0.3 is 0 Å². The van der Waals surface area contributed by atoms with E-state index >= 15 is 0 Å². The summed E-state index contributed by atoms with van der Waals surface area (Å²) in [4.78, 5) is 17.3. The van der Waals surface area contributed by atoms with Crippen LogP contribution < -0.4 is 5.32 Å². The predicted molar refractivity (Wildman–Crippen MR) is 111 cm³/mol. The van der Waals surface area contributed by atoms with E-state index < -0.39 is 0 Å². The summed E-state index contributed by atoms with van der Waals surface area (Å²) in [6, 6.07) is 15.9. The number of imidazole rings is 1. The molecule has 0 fully saturated rings. The number of nitrogens with one attached hydrogen (secondary N) is 1. The number of para-hydroxylation sites is 2. The Balaban J connectivity index is 1.72. The SMILES string of the molecule is CCCCCCCn1c(CNC(=O)c2ccccc2C)nc2ccccc21. The molecule has 0 bridgehead atoms. The van der Waals surface area contributed by atoms with Gasteiger partial charge in [0.15, 0.2) is 0 Å². The largest absolute Gasteiger partial charge is 0.345 e. The van der Waals surface area contributed by atoms with Crippen LogP contribution in [0.2, 0.25) is 0 Å². The summed E-state index contributed by atoms with van der Waals surface area (Å²) in [5.74, 6) is 0.878. The highest BCUT2D eigenvalue weighted by Gasteiger charge is 2.13. The molecule has 1 heterocycles. The molecular formula is C23H29N3O. The smallest absolute Gasteiger partial charge is 0.251 e. The van der Waals surface area contributed by atoms with Gasteiger partial charge in [-0.2, -0.15) is 0 Å². The minimum Gasteiger partial charge on any atom is -0.345 e. The average Bonchev–Trinajstić information content (AvgIpc) is 3.04. The topological polar surface area (TPSA) is 46.9 Å². The molecule has 0 unspecified atom stereocenters. The van der Waals surface area contributed by atoms with Gasteiger partial charge in [-0.25, -0.2) is 4.98 Å². The first-order valence-electron chi connectivity index (χ1n) is 9.98. The molecule has 2 aromatic carbocycles. The van der Waals surface area contributed by atoms with E-state index in [0.29, 0.717) is 6.54 Å². The van der Waals surface area contributed by atoms with Gasteiger partial charge in [-0.1, -0.05) is 62.9 Å². The molecule has 1 N–H and O–H groups in total. The van der Waals surface area contributed by atoms with Gasteiger partial charge in [-0.3, -0.25) is 4.79 Å². The molecule has 142 valence electrons. The lowest BCUT2D eigenvalue weighted by atomic mass is 10.1. The Bertz CT molecular complexity index is 898. The predicted octanol–water partition coefficient (Wildman–Crippen LogP) is 5.25. The van der Waals surface area contributed by atoms with E-state index in [-0.39, 0.29) is 5.91 Å². The van der Waals surface area contributed by atoms with E-state index in [2.05, 4.69) is 22.9 Å². The van der Waals surface area contributed by atoms with Gasteiger partial charge in [0.05, 0.1) is 17.6 Å². The van der Waals surface area contributed by atoms with Crippen molar-refractivity contribution in [2.75, 3.05) is 0 Å². The number of rotatable bonds is 9. The van der Waals surface area contributed by atoms with Crippen LogP contribution in [0.4, 0.5) is 0 Å². The number of carbonyl (C=O) groups excluding carboxylic acids is 1. The van der Waals surface area contributed by atoms with Crippen molar-refractivity contribution < 1.29 is 4.79 Å². The Hall–Kier alpha value is -2.62. The molecule has 0 aliphatic rings. The highest BCUT2D eigenvalue weighted by Crippen LogP contribution is 2.18. The minimum atomic E-state index is -0.0466. The normalized spacial score (nSPS) is 11.0. The van der Waals surface area contributed by atoms with Crippen LogP contribution in [-0.4, -0.2) is 15.5 Å². The Morgan fingerprint density at radius 1 is 1.00 bits per heavy atom. The molecule has 1 amide bonds. The van der Waals surface area contributed by atoms with Crippen LogP contribution in [-0.2, 0) is 13.1 Å². The Labute approximate surface area is 161 Å². The second kappa shape index (κ2) is 9.36. The highest BCUT2D eigenvalue weighted by atomic mass is 16.1. The molecule has 0 radical (unpaired) electrons. The molecule has 0 aliphatic heterocycles. The van der Waals surface area contributed by atoms with Gasteiger partial charge in [0.2, 0.25) is 0 Å². The summed E-state index contributed by atoms with van der Waals surface area (Å²) in [5, 5.41) is 3.05. The van der Waals surface area contributed by atoms with E-state index in [0.717, 1.165) is 41.0 Å². The Morgan fingerprint density at radius 2 is 1.74 bits per heavy atom. The van der Waals surface area contributed by atoms with Gasteiger partial charge in [0.1, 0.15) is 5.82 Å². The van der Waals surface area contributed by atoms with Crippen LogP contribution in [0.5, 0.6) is 0 Å². The summed E-state index contributed by atoms with van der Waals surface area (Å²) in [6.45, 7) is 5.58. The second-order valence-electron chi connectivity index (χ2n) is 7.08. The fourth-order valence-corrected chi connectivity index (χ4v) is 3.47. The number of aryl methyl sites for hydroxylation is 2. The first-order chi connectivity index (χ1) is 13.2. The summed E-state index contributed by atoms with van der Waals surface area (Å²) in [7, 11) is 0. The molecular weight excluding hydrogens is 334 g/mol. The van der Waals surface area contributed by atoms with E-state index in [1.54, 1.807) is 0 Å². The highest BCUT2D eigenvalue weighted by molar-refractivity contribution is 5.95. The van der Waals surface area contributed by atoms with Crippen molar-refractivity contribution in [2.24, 2.45) is 0 Å². The van der Waals surface area contributed by atoms with Crippen molar-refractivity contribution in [3.8, 4) is 0 Å². The first-order valence-corrected chi connectivity index (χ1v) is 9.98. The molecule has 1 aromatic heterocycles. The van der Waals surface area contributed by atoms with Crippen molar-refractivity contribution >= 4 is 16.9 Å². The summed E-state index contributed by atoms with van der Waals surface area (Å²) < 4.78 is 2.26. The first kappa shape index (κ1) is 19.2. The van der Waals surface area contributed by atoms with Crippen molar-refractivity contribution in [3.63, 3.8) is 0 Å². The maximum Gasteiger partial charge on any atom is 0.251 e. The third kappa shape index (κ3) is 4.76. The fraction of sp³-hybridized carbons (Fsp3) is 0.391. The molecule has 0 atom stereocenters. The summed E-state index contributed by atoms with van der Waals surface area (Å²) >= 11 is 0. The second-order valence-corrected chi connectivity index (χ2v) is 7.08. The monoisotopic (exact) mass is 363 g/mol. The zero-order valence-electron chi connectivity index (χ0n) is 16.4. The Morgan fingerprint density at radius 3 is 2.56 bits per heavy atom. The molecule has 0 saturated carbocycles. The molecule has 3 rings (SSSR count). The maximum atomic E-state index is 12.5. The molecule has 0 aliphatic carbocycles. The summed E-state index contributed by atoms with van der Waals surface area (Å²) in [5.41, 5.74) is 3.85. The van der Waals surface area contributed by atoms with Crippen LogP contribution in [0.25, 0.3) is 11.0 Å². The lowest BCUT2D eigenvalue weighted by Crippen LogP contribution is -2.25. The van der Waals surface area contributed by atoms with Crippen molar-refractivity contribution in [3.05, 3.63) is 65.5 Å². The lowest BCUT2D eigenvalue weighted by Gasteiger charge is -2.11. The maximum absolute atomic E-state index is 12.5. The molecule has 3 aromatic rings. The molecule has 0 saturated heterocycles. The third-order valence-corrected chi connectivity index (χ3v) is 5.02. The van der Waals surface area contributed by atoms with Gasteiger partial charge in [0.25, 0.3) is 5.91 Å². The lowest BCUT2D eigenvalue weighted by molar-refractivity contribution is 0.0949. The van der Waals surface area contributed by atoms with Crippen LogP contribution in [0.1, 0.15) is 60.8 Å². The van der Waals surface area contributed by atoms with E-state index in [1.165, 1.54) is 25.7 Å². The van der Waals surface area contributed by atoms with Gasteiger partial charge in [-0.15, -0.1) is 0 Å². The number of nitrogens with zero attached hydrogens (tertiary/aromatic N) is 2. The summed E-state index contributed by atoms with van der Waals surface area (Å²) in [6.07, 6.45) is 6.20. The molecule has 4 nitrogen and oxygen atoms in total. The Kier molecular flexibility index (Phi) is 6.64. The zero-order chi connectivity index (χ0) is 19.1. The fourth-order valence-electron chi connectivity index (χ4n) is 3.47. The van der Waals surface area contributed by atoms with Crippen LogP contribution in [0.3, 0.4) is 0 Å². The van der Waals surface area contributed by atoms with E-state index in [9.17, 15) is 4.79 Å². The van der Waals surface area contributed by atoms with Gasteiger partial charge < -0.3 is 9.88 Å². The number of unbranched alkanes of at least 4 members (excludes halogenated alkanes) is 4. The van der Waals surface area contributed by atoms with Crippen LogP contribution in [0, 0.1) is 6.92 Å². The number of hydrogen-bond donors (Lipinski definition) is 1. The number of benzene rings is 2. The van der Waals surface area contributed by atoms with E-state index in [1.807, 2.05) is 49.4 Å². The average molecular weight is 364 g/mol. The van der Waals surface area contributed by atoms with Crippen LogP contribution in [0.15, 0.2) is 48.5 Å². The van der Waals surface area contributed by atoms with Crippen molar-refractivity contribution in [2.45, 2.75) is 59.0 Å². The number of carbonyl (C=O) groups is 1. The van der Waals surface area contributed by atoms with Crippen molar-refractivity contribution in [1.82, 2.24) is 14.9 Å². The van der Waals surface area contributed by atoms with Crippen molar-refractivity contribution in [1.29, 1.82) is 0 Å². The standard InChI is InChI=1S/C23H29N3O/c1-3-4-5-6-11-16-26-21-15-10-9-14-20(21)25-22(26)17-24-23(27)19-13-8-7-12-18(19)2/h7-10,12-15H,3-6,11,16-17H2,1-2H3,(H,24,27). The number of fused-ring (bicyclic) bond motifs is 1. The van der Waals surface area contributed by atoms with Gasteiger partial charge in [0, 0.05) is 12.1 Å². The number of aromatic nitrogens is 2. The quantitative estimate of drug-likeness (QED) is 0.528. The van der Waals surface area contributed by atoms with E-state index in [4.69, 9.17) is 4.98 Å². The van der Waals surface area contributed by atoms with Crippen LogP contribution >= 0.6 is 0 Å².